The van der Waals surface area contributed by atoms with Crippen molar-refractivity contribution in [2.45, 2.75) is 81.9 Å². The zero-order chi connectivity index (χ0) is 21.9. The number of aliphatic hydroxyl groups excluding tert-OH is 5. The quantitative estimate of drug-likeness (QED) is 0.222. The lowest BCUT2D eigenvalue weighted by atomic mass is 9.92. The molecule has 2 aliphatic heterocycles. The average molecular weight is 422 g/mol. The van der Waals surface area contributed by atoms with Crippen molar-refractivity contribution in [2.24, 2.45) is 0 Å². The van der Waals surface area contributed by atoms with Gasteiger partial charge in [-0.1, -0.05) is 0 Å². The zero-order valence-corrected chi connectivity index (χ0v) is 16.5. The van der Waals surface area contributed by atoms with Crippen molar-refractivity contribution in [1.82, 2.24) is 10.6 Å². The molecule has 0 bridgehead atoms. The predicted molar refractivity (Wildman–Crippen MR) is 95.3 cm³/mol. The van der Waals surface area contributed by atoms with Crippen molar-refractivity contribution in [3.8, 4) is 0 Å². The van der Waals surface area contributed by atoms with Crippen molar-refractivity contribution in [3.63, 3.8) is 0 Å². The Balaban J connectivity index is 2.31. The Morgan fingerprint density at radius 2 is 1.38 bits per heavy atom. The van der Waals surface area contributed by atoms with E-state index in [9.17, 15) is 35.1 Å². The highest BCUT2D eigenvalue weighted by Crippen LogP contribution is 2.29. The van der Waals surface area contributed by atoms with E-state index in [0.717, 1.165) is 0 Å². The second-order valence-electron chi connectivity index (χ2n) is 7.31. The number of ether oxygens (including phenoxy) is 3. The molecule has 0 radical (unpaired) electrons. The summed E-state index contributed by atoms with van der Waals surface area (Å²) < 4.78 is 16.9. The van der Waals surface area contributed by atoms with E-state index in [-0.39, 0.29) is 0 Å². The number of rotatable bonds is 6. The number of amides is 2. The Morgan fingerprint density at radius 3 is 1.90 bits per heavy atom. The van der Waals surface area contributed by atoms with Gasteiger partial charge in [0.25, 0.3) is 0 Å². The third-order valence-electron chi connectivity index (χ3n) is 5.06. The molecule has 168 valence electrons. The fourth-order valence-corrected chi connectivity index (χ4v) is 3.62. The maximum absolute atomic E-state index is 11.6. The summed E-state index contributed by atoms with van der Waals surface area (Å²) in [4.78, 5) is 23.2. The fourth-order valence-electron chi connectivity index (χ4n) is 3.62. The fraction of sp³-hybridized carbons (Fsp3) is 0.882. The van der Waals surface area contributed by atoms with Gasteiger partial charge in [0.05, 0.1) is 25.4 Å². The van der Waals surface area contributed by atoms with Crippen LogP contribution in [0.4, 0.5) is 0 Å². The Labute approximate surface area is 167 Å². The van der Waals surface area contributed by atoms with Crippen LogP contribution < -0.4 is 10.6 Å². The second-order valence-corrected chi connectivity index (χ2v) is 7.31. The standard InChI is InChI=1S/C17H30N2O10/c1-6-11(18-7(2)22)16(14(25)10(5-21)27-6)29-17-12(19-8(3)23)15(26)13(24)9(4-20)28-17/h6,9-17,20-21,24-26H,4-5H2,1-3H3,(H,18,22)(H,19,23)/t6?,9?,10?,11?,12?,13-,14-,15+,16+,17-/m0/s1. The van der Waals surface area contributed by atoms with Crippen LogP contribution in [0.2, 0.25) is 0 Å². The number of hydrogen-bond donors (Lipinski definition) is 7. The lowest BCUT2D eigenvalue weighted by Crippen LogP contribution is -2.69. The molecule has 2 saturated heterocycles. The molecule has 0 saturated carbocycles. The van der Waals surface area contributed by atoms with E-state index in [1.54, 1.807) is 6.92 Å². The van der Waals surface area contributed by atoms with E-state index >= 15 is 0 Å². The van der Waals surface area contributed by atoms with Gasteiger partial charge in [-0.3, -0.25) is 9.59 Å². The van der Waals surface area contributed by atoms with Gasteiger partial charge in [-0.2, -0.15) is 0 Å². The highest BCUT2D eigenvalue weighted by atomic mass is 16.7. The van der Waals surface area contributed by atoms with Gasteiger partial charge in [0.2, 0.25) is 11.8 Å². The van der Waals surface area contributed by atoms with Gasteiger partial charge in [0, 0.05) is 13.8 Å². The minimum atomic E-state index is -1.53. The van der Waals surface area contributed by atoms with E-state index in [1.807, 2.05) is 0 Å². The molecule has 2 heterocycles. The highest BCUT2D eigenvalue weighted by molar-refractivity contribution is 5.73. The number of nitrogens with one attached hydrogen (secondary N) is 2. The summed E-state index contributed by atoms with van der Waals surface area (Å²) in [6, 6.07) is -2.07. The Bertz CT molecular complexity index is 578. The molecule has 10 atom stereocenters. The maximum atomic E-state index is 11.6. The van der Waals surface area contributed by atoms with Crippen molar-refractivity contribution >= 4 is 11.8 Å². The number of carbonyl (C=O) groups is 2. The summed E-state index contributed by atoms with van der Waals surface area (Å²) in [5.74, 6) is -0.950. The maximum Gasteiger partial charge on any atom is 0.217 e. The third-order valence-corrected chi connectivity index (χ3v) is 5.06. The smallest absolute Gasteiger partial charge is 0.217 e. The molecular weight excluding hydrogens is 392 g/mol. The minimum Gasteiger partial charge on any atom is -0.394 e. The molecule has 29 heavy (non-hydrogen) atoms. The van der Waals surface area contributed by atoms with Crippen molar-refractivity contribution in [1.29, 1.82) is 0 Å². The van der Waals surface area contributed by atoms with Gasteiger partial charge < -0.3 is 50.4 Å². The lowest BCUT2D eigenvalue weighted by molar-refractivity contribution is -0.308. The Morgan fingerprint density at radius 1 is 0.862 bits per heavy atom. The van der Waals surface area contributed by atoms with Crippen LogP contribution in [0.5, 0.6) is 0 Å². The molecular formula is C17H30N2O10. The number of hydrogen-bond acceptors (Lipinski definition) is 10. The molecule has 7 N–H and O–H groups in total. The molecule has 2 aliphatic rings. The summed E-state index contributed by atoms with van der Waals surface area (Å²) in [5, 5.41) is 55.0. The van der Waals surface area contributed by atoms with Gasteiger partial charge in [-0.25, -0.2) is 0 Å². The number of carbonyl (C=O) groups excluding carboxylic acids is 2. The molecule has 2 amide bonds. The van der Waals surface area contributed by atoms with Crippen LogP contribution in [0, 0.1) is 0 Å². The van der Waals surface area contributed by atoms with E-state index in [4.69, 9.17) is 14.2 Å². The number of aliphatic hydroxyl groups is 5. The molecule has 12 heteroatoms. The van der Waals surface area contributed by atoms with Crippen LogP contribution in [0.1, 0.15) is 20.8 Å². The van der Waals surface area contributed by atoms with Crippen molar-refractivity contribution in [2.75, 3.05) is 13.2 Å². The predicted octanol–water partition coefficient (Wildman–Crippen LogP) is -4.04. The van der Waals surface area contributed by atoms with Crippen LogP contribution in [0.15, 0.2) is 0 Å². The Hall–Kier alpha value is -1.38. The van der Waals surface area contributed by atoms with Crippen LogP contribution in [0.3, 0.4) is 0 Å². The monoisotopic (exact) mass is 422 g/mol. The molecule has 0 aliphatic carbocycles. The molecule has 0 aromatic carbocycles. The van der Waals surface area contributed by atoms with E-state index < -0.39 is 86.1 Å². The highest BCUT2D eigenvalue weighted by Gasteiger charge is 2.50. The van der Waals surface area contributed by atoms with Crippen molar-refractivity contribution in [3.05, 3.63) is 0 Å². The summed E-state index contributed by atoms with van der Waals surface area (Å²) in [7, 11) is 0. The zero-order valence-electron chi connectivity index (χ0n) is 16.5. The molecule has 0 aromatic rings. The third kappa shape index (κ3) is 5.41. The molecule has 0 aromatic heterocycles. The Kier molecular flexibility index (Phi) is 8.31. The van der Waals surface area contributed by atoms with Gasteiger partial charge >= 0.3 is 0 Å². The first-order chi connectivity index (χ1) is 13.6. The summed E-state index contributed by atoms with van der Waals surface area (Å²) in [6.45, 7) is 2.94. The first-order valence-corrected chi connectivity index (χ1v) is 9.37. The summed E-state index contributed by atoms with van der Waals surface area (Å²) in [6.07, 6.45) is -9.81. The van der Waals surface area contributed by atoms with Crippen LogP contribution in [-0.4, -0.2) is 112 Å². The molecule has 2 fully saturated rings. The summed E-state index contributed by atoms with van der Waals surface area (Å²) >= 11 is 0. The van der Waals surface area contributed by atoms with Gasteiger partial charge in [-0.15, -0.1) is 0 Å². The normalized spacial score (nSPS) is 42.9. The largest absolute Gasteiger partial charge is 0.394 e. The van der Waals surface area contributed by atoms with Gasteiger partial charge in [0.1, 0.15) is 42.7 Å². The van der Waals surface area contributed by atoms with Crippen molar-refractivity contribution < 1.29 is 49.3 Å². The summed E-state index contributed by atoms with van der Waals surface area (Å²) in [5.41, 5.74) is 0. The van der Waals surface area contributed by atoms with Crippen LogP contribution in [-0.2, 0) is 23.8 Å². The SMILES string of the molecule is CC(=O)NC1[C@H](O[C@@H]2C(NC(C)=O)C(C)OC(CO)[C@@H]2O)OC(CO)[C@H](O)[C@@H]1O. The van der Waals surface area contributed by atoms with E-state index in [1.165, 1.54) is 13.8 Å². The molecule has 12 nitrogen and oxygen atoms in total. The molecule has 0 spiro atoms. The van der Waals surface area contributed by atoms with Crippen LogP contribution in [0.25, 0.3) is 0 Å². The average Bonchev–Trinajstić information content (AvgIpc) is 2.65. The van der Waals surface area contributed by atoms with E-state index in [0.29, 0.717) is 0 Å². The minimum absolute atomic E-state index is 0.416. The van der Waals surface area contributed by atoms with Crippen LogP contribution >= 0.6 is 0 Å². The second kappa shape index (κ2) is 10.1. The van der Waals surface area contributed by atoms with Gasteiger partial charge in [0.15, 0.2) is 6.29 Å². The van der Waals surface area contributed by atoms with Gasteiger partial charge in [-0.05, 0) is 6.92 Å². The molecule has 2 rings (SSSR count). The molecule has 5 unspecified atom stereocenters. The lowest BCUT2D eigenvalue weighted by Gasteiger charge is -2.48. The first kappa shape index (κ1) is 23.9. The van der Waals surface area contributed by atoms with E-state index in [2.05, 4.69) is 10.6 Å². The first-order valence-electron chi connectivity index (χ1n) is 9.37. The topological polar surface area (TPSA) is 187 Å².